The average molecular weight is 191 g/mol. The maximum absolute atomic E-state index is 10.9. The van der Waals surface area contributed by atoms with Crippen molar-refractivity contribution in [1.82, 2.24) is 0 Å². The lowest BCUT2D eigenvalue weighted by Gasteiger charge is -2.04. The van der Waals surface area contributed by atoms with Gasteiger partial charge in [-0.05, 0) is 6.42 Å². The van der Waals surface area contributed by atoms with Gasteiger partial charge in [-0.1, -0.05) is 6.92 Å². The SMILES string of the molecule is CCC(N=C(N)N)C(=O)OP=O. The highest BCUT2D eigenvalue weighted by atomic mass is 31.1. The molecule has 0 saturated heterocycles. The zero-order valence-corrected chi connectivity index (χ0v) is 7.45. The number of rotatable bonds is 4. The summed E-state index contributed by atoms with van der Waals surface area (Å²) in [7, 11) is -0.695. The van der Waals surface area contributed by atoms with Crippen LogP contribution in [0.5, 0.6) is 0 Å². The van der Waals surface area contributed by atoms with Gasteiger partial charge in [0.05, 0.1) is 0 Å². The Morgan fingerprint density at radius 1 is 1.67 bits per heavy atom. The monoisotopic (exact) mass is 191 g/mol. The molecule has 68 valence electrons. The van der Waals surface area contributed by atoms with E-state index >= 15 is 0 Å². The summed E-state index contributed by atoms with van der Waals surface area (Å²) in [5, 5.41) is 0. The normalized spacial score (nSPS) is 12.1. The molecule has 0 heterocycles. The molecule has 7 heteroatoms. The van der Waals surface area contributed by atoms with Crippen LogP contribution in [0.4, 0.5) is 0 Å². The van der Waals surface area contributed by atoms with Gasteiger partial charge < -0.3 is 16.0 Å². The summed E-state index contributed by atoms with van der Waals surface area (Å²) in [6, 6.07) is -0.767. The number of guanidine groups is 1. The van der Waals surface area contributed by atoms with E-state index in [1.165, 1.54) is 0 Å². The molecular weight excluding hydrogens is 181 g/mol. The molecule has 0 saturated carbocycles. The lowest BCUT2D eigenvalue weighted by atomic mass is 10.2. The first-order valence-corrected chi connectivity index (χ1v) is 3.97. The zero-order chi connectivity index (χ0) is 9.56. The number of nitrogens with two attached hydrogens (primary N) is 2. The molecule has 4 N–H and O–H groups in total. The third-order valence-electron chi connectivity index (χ3n) is 1.09. The first-order chi connectivity index (χ1) is 5.61. The van der Waals surface area contributed by atoms with Gasteiger partial charge in [0.15, 0.2) is 12.0 Å². The van der Waals surface area contributed by atoms with Crippen LogP contribution in [-0.4, -0.2) is 18.0 Å². The molecule has 0 rings (SSSR count). The largest absolute Gasteiger partial charge is 0.398 e. The van der Waals surface area contributed by atoms with Gasteiger partial charge >= 0.3 is 14.7 Å². The third kappa shape index (κ3) is 3.88. The Kier molecular flexibility index (Phi) is 4.96. The predicted molar refractivity (Wildman–Crippen MR) is 43.6 cm³/mol. The maximum atomic E-state index is 10.9. The molecule has 0 bridgehead atoms. The summed E-state index contributed by atoms with van der Waals surface area (Å²) in [6.45, 7) is 1.71. The molecule has 6 nitrogen and oxygen atoms in total. The van der Waals surface area contributed by atoms with E-state index in [0.29, 0.717) is 6.42 Å². The molecule has 0 aromatic rings. The number of carbonyl (C=O) groups excluding carboxylic acids is 1. The second-order valence-corrected chi connectivity index (χ2v) is 2.29. The van der Waals surface area contributed by atoms with E-state index in [2.05, 4.69) is 9.52 Å². The lowest BCUT2D eigenvalue weighted by Crippen LogP contribution is -2.28. The Balaban J connectivity index is 4.24. The van der Waals surface area contributed by atoms with Crippen LogP contribution in [0.3, 0.4) is 0 Å². The Bertz CT molecular complexity index is 202. The van der Waals surface area contributed by atoms with Crippen LogP contribution in [0.2, 0.25) is 0 Å². The fraction of sp³-hybridized carbons (Fsp3) is 0.600. The van der Waals surface area contributed by atoms with Gasteiger partial charge in [0.2, 0.25) is 0 Å². The highest BCUT2D eigenvalue weighted by molar-refractivity contribution is 7.18. The maximum Gasteiger partial charge on any atom is 0.398 e. The highest BCUT2D eigenvalue weighted by Gasteiger charge is 2.16. The second-order valence-electron chi connectivity index (χ2n) is 1.96. The van der Waals surface area contributed by atoms with Gasteiger partial charge in [0, 0.05) is 0 Å². The van der Waals surface area contributed by atoms with E-state index in [1.807, 2.05) is 0 Å². The third-order valence-corrected chi connectivity index (χ3v) is 1.35. The Morgan fingerprint density at radius 2 is 2.25 bits per heavy atom. The van der Waals surface area contributed by atoms with E-state index in [0.717, 1.165) is 0 Å². The molecule has 0 aliphatic heterocycles. The van der Waals surface area contributed by atoms with Crippen molar-refractivity contribution in [1.29, 1.82) is 0 Å². The number of hydrogen-bond donors (Lipinski definition) is 2. The van der Waals surface area contributed by atoms with E-state index < -0.39 is 20.7 Å². The Hall–Kier alpha value is -1.16. The van der Waals surface area contributed by atoms with Gasteiger partial charge in [-0.3, -0.25) is 0 Å². The number of nitrogens with zero attached hydrogens (tertiary/aromatic N) is 1. The van der Waals surface area contributed by atoms with Crippen molar-refractivity contribution >= 4 is 20.6 Å². The Labute approximate surface area is 71.3 Å². The molecule has 0 aliphatic carbocycles. The average Bonchev–Trinajstić information content (AvgIpc) is 2.00. The van der Waals surface area contributed by atoms with Gasteiger partial charge in [0.25, 0.3) is 0 Å². The molecule has 0 fully saturated rings. The number of aliphatic imine (C=N–C) groups is 1. The summed E-state index contributed by atoms with van der Waals surface area (Å²) in [5.41, 5.74) is 10.1. The van der Waals surface area contributed by atoms with Crippen LogP contribution < -0.4 is 11.5 Å². The van der Waals surface area contributed by atoms with Crippen molar-refractivity contribution in [3.63, 3.8) is 0 Å². The molecule has 0 aliphatic rings. The Morgan fingerprint density at radius 3 is 2.58 bits per heavy atom. The first-order valence-electron chi connectivity index (χ1n) is 3.24. The fourth-order valence-electron chi connectivity index (χ4n) is 0.588. The first kappa shape index (κ1) is 10.8. The van der Waals surface area contributed by atoms with Crippen molar-refractivity contribution in [2.75, 3.05) is 0 Å². The summed E-state index contributed by atoms with van der Waals surface area (Å²) in [4.78, 5) is 14.4. The molecule has 0 spiro atoms. The van der Waals surface area contributed by atoms with Gasteiger partial charge in [0.1, 0.15) is 0 Å². The summed E-state index contributed by atoms with van der Waals surface area (Å²) >= 11 is 0. The van der Waals surface area contributed by atoms with Crippen molar-refractivity contribution < 1.29 is 13.9 Å². The van der Waals surface area contributed by atoms with Crippen LogP contribution >= 0.6 is 8.69 Å². The number of hydrogen-bond acceptors (Lipinski definition) is 4. The second kappa shape index (κ2) is 5.49. The van der Waals surface area contributed by atoms with Crippen LogP contribution in [0.15, 0.2) is 4.99 Å². The van der Waals surface area contributed by atoms with Crippen LogP contribution in [0.25, 0.3) is 0 Å². The summed E-state index contributed by atoms with van der Waals surface area (Å²) in [6.07, 6.45) is 0.395. The smallest absolute Gasteiger partial charge is 0.371 e. The minimum atomic E-state index is -0.767. The minimum Gasteiger partial charge on any atom is -0.371 e. The van der Waals surface area contributed by atoms with Crippen LogP contribution in [0.1, 0.15) is 13.3 Å². The van der Waals surface area contributed by atoms with Gasteiger partial charge in [-0.25, -0.2) is 14.4 Å². The molecule has 0 amide bonds. The van der Waals surface area contributed by atoms with Crippen molar-refractivity contribution in [3.05, 3.63) is 0 Å². The van der Waals surface area contributed by atoms with Gasteiger partial charge in [-0.15, -0.1) is 0 Å². The lowest BCUT2D eigenvalue weighted by molar-refractivity contribution is -0.134. The molecule has 12 heavy (non-hydrogen) atoms. The standard InChI is InChI=1S/C5H10N3O3P/c1-2-3(8-5(6)7)4(9)11-12-10/h3H,2H2,1H3,(H4,6,7,8). The molecule has 1 atom stereocenters. The van der Waals surface area contributed by atoms with Crippen LogP contribution in [-0.2, 0) is 13.9 Å². The predicted octanol–water partition coefficient (Wildman–Crippen LogP) is -0.212. The zero-order valence-electron chi connectivity index (χ0n) is 6.56. The highest BCUT2D eigenvalue weighted by Crippen LogP contribution is 2.05. The van der Waals surface area contributed by atoms with Crippen molar-refractivity contribution in [2.24, 2.45) is 16.5 Å². The van der Waals surface area contributed by atoms with Crippen LogP contribution in [0, 0.1) is 0 Å². The molecule has 0 radical (unpaired) electrons. The van der Waals surface area contributed by atoms with Gasteiger partial charge in [-0.2, -0.15) is 0 Å². The molecule has 0 aromatic carbocycles. The molecule has 0 aromatic heterocycles. The number of carbonyl (C=O) groups is 1. The molecular formula is C5H10N3O3P. The molecule has 1 unspecified atom stereocenters. The van der Waals surface area contributed by atoms with E-state index in [-0.39, 0.29) is 5.96 Å². The topological polar surface area (TPSA) is 108 Å². The van der Waals surface area contributed by atoms with Crippen molar-refractivity contribution in [2.45, 2.75) is 19.4 Å². The van der Waals surface area contributed by atoms with E-state index in [1.54, 1.807) is 6.92 Å². The minimum absolute atomic E-state index is 0.193. The summed E-state index contributed by atoms with van der Waals surface area (Å²) in [5.74, 6) is -0.899. The summed E-state index contributed by atoms with van der Waals surface area (Å²) < 4.78 is 14.0. The van der Waals surface area contributed by atoms with Crippen molar-refractivity contribution in [3.8, 4) is 0 Å². The van der Waals surface area contributed by atoms with E-state index in [9.17, 15) is 9.36 Å². The van der Waals surface area contributed by atoms with E-state index in [4.69, 9.17) is 11.5 Å². The quantitative estimate of drug-likeness (QED) is 0.363. The fourth-order valence-corrected chi connectivity index (χ4v) is 0.783.